The third kappa shape index (κ3) is 4.29. The molecule has 0 bridgehead atoms. The molecule has 1 heterocycles. The van der Waals surface area contributed by atoms with E-state index in [1.807, 2.05) is 0 Å². The lowest BCUT2D eigenvalue weighted by Gasteiger charge is -2.09. The standard InChI is InChI=1S/C23H16ClNO5/c24-15-6-4-14(5-7-15)20-12-30-21-11-18(8-9-19(21)23(20)28)29-13-22(27)25-16-2-1-3-17(26)10-16/h1-12,26H,13H2,(H,25,27). The molecule has 3 aromatic carbocycles. The molecule has 0 spiro atoms. The highest BCUT2D eigenvalue weighted by Gasteiger charge is 2.11. The van der Waals surface area contributed by atoms with Gasteiger partial charge in [0.2, 0.25) is 0 Å². The Morgan fingerprint density at radius 1 is 1.07 bits per heavy atom. The van der Waals surface area contributed by atoms with Crippen molar-refractivity contribution >= 4 is 34.2 Å². The first-order chi connectivity index (χ1) is 14.5. The zero-order valence-corrected chi connectivity index (χ0v) is 16.3. The number of aromatic hydroxyl groups is 1. The fourth-order valence-corrected chi connectivity index (χ4v) is 3.08. The molecule has 0 radical (unpaired) electrons. The van der Waals surface area contributed by atoms with Gasteiger partial charge in [0.1, 0.15) is 23.3 Å². The minimum atomic E-state index is -0.389. The predicted molar refractivity (Wildman–Crippen MR) is 115 cm³/mol. The van der Waals surface area contributed by atoms with Gasteiger partial charge in [-0.3, -0.25) is 9.59 Å². The molecular weight excluding hydrogens is 406 g/mol. The highest BCUT2D eigenvalue weighted by Crippen LogP contribution is 2.24. The molecule has 0 aliphatic carbocycles. The maximum atomic E-state index is 12.8. The van der Waals surface area contributed by atoms with Crippen molar-refractivity contribution in [2.45, 2.75) is 0 Å². The van der Waals surface area contributed by atoms with E-state index in [0.717, 1.165) is 0 Å². The van der Waals surface area contributed by atoms with E-state index in [-0.39, 0.29) is 23.7 Å². The first-order valence-electron chi connectivity index (χ1n) is 9.03. The number of phenols is 1. The second kappa shape index (κ2) is 8.31. The Kier molecular flexibility index (Phi) is 5.41. The molecule has 30 heavy (non-hydrogen) atoms. The number of carbonyl (C=O) groups excluding carboxylic acids is 1. The summed E-state index contributed by atoms with van der Waals surface area (Å²) in [5.74, 6) is 0.0485. The average Bonchev–Trinajstić information content (AvgIpc) is 2.73. The molecular formula is C23H16ClNO5. The highest BCUT2D eigenvalue weighted by atomic mass is 35.5. The smallest absolute Gasteiger partial charge is 0.262 e. The summed E-state index contributed by atoms with van der Waals surface area (Å²) in [6.45, 7) is -0.242. The van der Waals surface area contributed by atoms with Gasteiger partial charge >= 0.3 is 0 Å². The molecule has 4 rings (SSSR count). The third-order valence-corrected chi connectivity index (χ3v) is 4.65. The highest BCUT2D eigenvalue weighted by molar-refractivity contribution is 6.30. The zero-order chi connectivity index (χ0) is 21.1. The minimum absolute atomic E-state index is 0.0521. The second-order valence-corrected chi connectivity index (χ2v) is 6.97. The molecule has 6 nitrogen and oxygen atoms in total. The van der Waals surface area contributed by atoms with E-state index < -0.39 is 0 Å². The molecule has 1 amide bonds. The number of benzene rings is 3. The number of hydrogen-bond donors (Lipinski definition) is 2. The normalized spacial score (nSPS) is 10.7. The van der Waals surface area contributed by atoms with Crippen LogP contribution in [-0.2, 0) is 4.79 Å². The van der Waals surface area contributed by atoms with Gasteiger partial charge in [-0.15, -0.1) is 0 Å². The van der Waals surface area contributed by atoms with Crippen molar-refractivity contribution in [3.05, 3.63) is 88.2 Å². The van der Waals surface area contributed by atoms with Crippen LogP contribution in [0.3, 0.4) is 0 Å². The summed E-state index contributed by atoms with van der Waals surface area (Å²) in [5, 5.41) is 13.0. The Labute approximate surface area is 176 Å². The summed E-state index contributed by atoms with van der Waals surface area (Å²) >= 11 is 5.90. The Hall–Kier alpha value is -3.77. The summed E-state index contributed by atoms with van der Waals surface area (Å²) in [4.78, 5) is 24.8. The number of ether oxygens (including phenoxy) is 1. The number of amides is 1. The van der Waals surface area contributed by atoms with Gasteiger partial charge < -0.3 is 19.6 Å². The van der Waals surface area contributed by atoms with Crippen LogP contribution in [0.5, 0.6) is 11.5 Å². The summed E-state index contributed by atoms with van der Waals surface area (Å²) in [6.07, 6.45) is 1.40. The van der Waals surface area contributed by atoms with E-state index >= 15 is 0 Å². The number of carbonyl (C=O) groups is 1. The fraction of sp³-hybridized carbons (Fsp3) is 0.0435. The van der Waals surface area contributed by atoms with E-state index in [1.165, 1.54) is 18.4 Å². The first kappa shape index (κ1) is 19.5. The molecule has 0 fully saturated rings. The number of fused-ring (bicyclic) bond motifs is 1. The summed E-state index contributed by atoms with van der Waals surface area (Å²) < 4.78 is 11.1. The molecule has 7 heteroatoms. The SMILES string of the molecule is O=C(COc1ccc2c(=O)c(-c3ccc(Cl)cc3)coc2c1)Nc1cccc(O)c1. The van der Waals surface area contributed by atoms with Crippen molar-refractivity contribution in [3.8, 4) is 22.6 Å². The number of anilines is 1. The maximum absolute atomic E-state index is 12.8. The lowest BCUT2D eigenvalue weighted by atomic mass is 10.1. The van der Waals surface area contributed by atoms with Crippen molar-refractivity contribution in [2.75, 3.05) is 11.9 Å². The molecule has 1 aromatic heterocycles. The molecule has 0 unspecified atom stereocenters. The van der Waals surface area contributed by atoms with Crippen molar-refractivity contribution in [2.24, 2.45) is 0 Å². The summed E-state index contributed by atoms with van der Waals surface area (Å²) in [6, 6.07) is 17.9. The lowest BCUT2D eigenvalue weighted by Crippen LogP contribution is -2.20. The Morgan fingerprint density at radius 2 is 1.87 bits per heavy atom. The van der Waals surface area contributed by atoms with E-state index in [9.17, 15) is 14.7 Å². The number of halogens is 1. The van der Waals surface area contributed by atoms with Crippen LogP contribution in [0, 0.1) is 0 Å². The van der Waals surface area contributed by atoms with Crippen LogP contribution in [0.2, 0.25) is 5.02 Å². The second-order valence-electron chi connectivity index (χ2n) is 6.53. The third-order valence-electron chi connectivity index (χ3n) is 4.40. The molecule has 0 atom stereocenters. The number of rotatable bonds is 5. The first-order valence-corrected chi connectivity index (χ1v) is 9.40. The molecule has 0 aliphatic heterocycles. The summed E-state index contributed by atoms with van der Waals surface area (Å²) in [7, 11) is 0. The van der Waals surface area contributed by atoms with Crippen LogP contribution >= 0.6 is 11.6 Å². The average molecular weight is 422 g/mol. The minimum Gasteiger partial charge on any atom is -0.508 e. The van der Waals surface area contributed by atoms with Crippen LogP contribution in [-0.4, -0.2) is 17.6 Å². The Balaban J connectivity index is 1.49. The van der Waals surface area contributed by atoms with Gasteiger partial charge in [-0.2, -0.15) is 0 Å². The van der Waals surface area contributed by atoms with Crippen LogP contribution < -0.4 is 15.5 Å². The van der Waals surface area contributed by atoms with Gasteiger partial charge in [-0.1, -0.05) is 29.8 Å². The molecule has 2 N–H and O–H groups in total. The van der Waals surface area contributed by atoms with E-state index in [4.69, 9.17) is 20.8 Å². The lowest BCUT2D eigenvalue weighted by molar-refractivity contribution is -0.118. The Bertz CT molecular complexity index is 1280. The van der Waals surface area contributed by atoms with Gasteiger partial charge in [-0.05, 0) is 42.0 Å². The van der Waals surface area contributed by atoms with Crippen LogP contribution in [0.4, 0.5) is 5.69 Å². The number of hydrogen-bond acceptors (Lipinski definition) is 5. The fourth-order valence-electron chi connectivity index (χ4n) is 2.96. The monoisotopic (exact) mass is 421 g/mol. The van der Waals surface area contributed by atoms with Crippen molar-refractivity contribution in [1.29, 1.82) is 0 Å². The number of nitrogens with one attached hydrogen (secondary N) is 1. The van der Waals surface area contributed by atoms with E-state index in [0.29, 0.717) is 38.6 Å². The Morgan fingerprint density at radius 3 is 2.63 bits per heavy atom. The maximum Gasteiger partial charge on any atom is 0.262 e. The van der Waals surface area contributed by atoms with Crippen molar-refractivity contribution in [1.82, 2.24) is 0 Å². The molecule has 0 saturated heterocycles. The van der Waals surface area contributed by atoms with Crippen molar-refractivity contribution in [3.63, 3.8) is 0 Å². The predicted octanol–water partition coefficient (Wildman–Crippen LogP) is 4.84. The molecule has 150 valence electrons. The van der Waals surface area contributed by atoms with Crippen LogP contribution in [0.1, 0.15) is 0 Å². The quantitative estimate of drug-likeness (QED) is 0.481. The van der Waals surface area contributed by atoms with Crippen LogP contribution in [0.15, 0.2) is 82.2 Å². The largest absolute Gasteiger partial charge is 0.508 e. The number of phenolic OH excluding ortho intramolecular Hbond substituents is 1. The van der Waals surface area contributed by atoms with Gasteiger partial charge in [-0.25, -0.2) is 0 Å². The van der Waals surface area contributed by atoms with Gasteiger partial charge in [0, 0.05) is 22.8 Å². The van der Waals surface area contributed by atoms with E-state index in [1.54, 1.807) is 54.6 Å². The molecule has 4 aromatic rings. The van der Waals surface area contributed by atoms with Gasteiger partial charge in [0.15, 0.2) is 12.0 Å². The van der Waals surface area contributed by atoms with Gasteiger partial charge in [0.25, 0.3) is 5.91 Å². The summed E-state index contributed by atoms with van der Waals surface area (Å²) in [5.41, 5.74) is 1.77. The van der Waals surface area contributed by atoms with Crippen LogP contribution in [0.25, 0.3) is 22.1 Å². The molecule has 0 saturated carbocycles. The molecule has 0 aliphatic rings. The zero-order valence-electron chi connectivity index (χ0n) is 15.6. The van der Waals surface area contributed by atoms with Crippen molar-refractivity contribution < 1.29 is 19.1 Å². The van der Waals surface area contributed by atoms with Gasteiger partial charge in [0.05, 0.1) is 10.9 Å². The topological polar surface area (TPSA) is 88.8 Å². The van der Waals surface area contributed by atoms with E-state index in [2.05, 4.69) is 5.32 Å².